The van der Waals surface area contributed by atoms with Crippen LogP contribution in [0, 0.1) is 0 Å². The molecule has 0 bridgehead atoms. The molecule has 1 aromatic rings. The van der Waals surface area contributed by atoms with Crippen LogP contribution in [-0.4, -0.2) is 55.2 Å². The maximum atomic E-state index is 12.4. The first-order valence-corrected chi connectivity index (χ1v) is 10.6. The summed E-state index contributed by atoms with van der Waals surface area (Å²) in [6.07, 6.45) is -2.61. The Kier molecular flexibility index (Phi) is 8.66. The molecule has 0 aromatic heterocycles. The van der Waals surface area contributed by atoms with Gasteiger partial charge in [0.2, 0.25) is 0 Å². The highest BCUT2D eigenvalue weighted by Crippen LogP contribution is 2.32. The summed E-state index contributed by atoms with van der Waals surface area (Å²) >= 11 is 3.27. The summed E-state index contributed by atoms with van der Waals surface area (Å²) in [7, 11) is 0. The van der Waals surface area contributed by atoms with Gasteiger partial charge >= 0.3 is 12.5 Å². The number of amides is 1. The van der Waals surface area contributed by atoms with Crippen LogP contribution >= 0.6 is 15.9 Å². The summed E-state index contributed by atoms with van der Waals surface area (Å²) in [6, 6.07) is 3.91. The Balaban J connectivity index is 1.75. The van der Waals surface area contributed by atoms with E-state index < -0.39 is 18.1 Å². The van der Waals surface area contributed by atoms with E-state index in [1.807, 2.05) is 20.8 Å². The molecule has 30 heavy (non-hydrogen) atoms. The molecular weight excluding hydrogens is 469 g/mol. The van der Waals surface area contributed by atoms with E-state index in [9.17, 15) is 18.0 Å². The van der Waals surface area contributed by atoms with Gasteiger partial charge in [0.1, 0.15) is 17.1 Å². The fourth-order valence-corrected chi connectivity index (χ4v) is 3.47. The number of hydrogen-bond acceptors (Lipinski definition) is 5. The van der Waals surface area contributed by atoms with E-state index in [0.29, 0.717) is 23.2 Å². The molecule has 10 heteroatoms. The maximum Gasteiger partial charge on any atom is 0.573 e. The second kappa shape index (κ2) is 10.6. The molecule has 1 atom stereocenters. The number of hydrogen-bond donors (Lipinski definition) is 1. The Bertz CT molecular complexity index is 710. The Labute approximate surface area is 183 Å². The standard InChI is InChI=1S/C20H28BrF3N2O4/c1-19(2,3)30-18(27)25-14-6-4-9-26(13-14)10-5-11-28-17-12-15(7-8-16(17)21)29-20(22,23)24/h7-8,12,14H,4-6,9-11,13H2,1-3H3,(H,25,27)/t14-/m0/s1. The molecule has 1 aliphatic heterocycles. The van der Waals surface area contributed by atoms with Crippen molar-refractivity contribution in [3.05, 3.63) is 22.7 Å². The van der Waals surface area contributed by atoms with Gasteiger partial charge in [-0.05, 0) is 74.6 Å². The highest BCUT2D eigenvalue weighted by atomic mass is 79.9. The molecular formula is C20H28BrF3N2O4. The van der Waals surface area contributed by atoms with E-state index in [0.717, 1.165) is 32.5 Å². The summed E-state index contributed by atoms with van der Waals surface area (Å²) < 4.78 is 52.5. The van der Waals surface area contributed by atoms with Gasteiger partial charge in [-0.3, -0.25) is 0 Å². The fraction of sp³-hybridized carbons (Fsp3) is 0.650. The summed E-state index contributed by atoms with van der Waals surface area (Å²) in [5.74, 6) is -0.0346. The highest BCUT2D eigenvalue weighted by molar-refractivity contribution is 9.10. The zero-order chi connectivity index (χ0) is 22.4. The van der Waals surface area contributed by atoms with Crippen LogP contribution in [0.1, 0.15) is 40.0 Å². The van der Waals surface area contributed by atoms with Crippen molar-refractivity contribution >= 4 is 22.0 Å². The molecule has 1 N–H and O–H groups in total. The van der Waals surface area contributed by atoms with E-state index in [2.05, 4.69) is 30.9 Å². The molecule has 0 saturated carbocycles. The van der Waals surface area contributed by atoms with E-state index in [-0.39, 0.29) is 11.8 Å². The number of piperidine rings is 1. The second-order valence-electron chi connectivity index (χ2n) is 8.13. The zero-order valence-electron chi connectivity index (χ0n) is 17.4. The lowest BCUT2D eigenvalue weighted by Gasteiger charge is -2.33. The number of likely N-dealkylation sites (tertiary alicyclic amines) is 1. The molecule has 1 saturated heterocycles. The van der Waals surface area contributed by atoms with Crippen molar-refractivity contribution in [1.29, 1.82) is 0 Å². The summed E-state index contributed by atoms with van der Waals surface area (Å²) in [5.41, 5.74) is -0.535. The number of alkyl carbamates (subject to hydrolysis) is 1. The molecule has 1 aromatic carbocycles. The van der Waals surface area contributed by atoms with Gasteiger partial charge in [-0.25, -0.2) is 4.79 Å². The van der Waals surface area contributed by atoms with E-state index in [1.54, 1.807) is 0 Å². The summed E-state index contributed by atoms with van der Waals surface area (Å²) in [5, 5.41) is 2.91. The Morgan fingerprint density at radius 1 is 1.30 bits per heavy atom. The Morgan fingerprint density at radius 3 is 2.70 bits per heavy atom. The van der Waals surface area contributed by atoms with Crippen LogP contribution in [0.25, 0.3) is 0 Å². The predicted octanol–water partition coefficient (Wildman–Crippen LogP) is 5.11. The fourth-order valence-electron chi connectivity index (χ4n) is 3.11. The van der Waals surface area contributed by atoms with Crippen LogP contribution in [-0.2, 0) is 4.74 Å². The quantitative estimate of drug-likeness (QED) is 0.531. The van der Waals surface area contributed by atoms with Crippen molar-refractivity contribution in [2.75, 3.05) is 26.2 Å². The van der Waals surface area contributed by atoms with Gasteiger partial charge in [-0.1, -0.05) is 0 Å². The van der Waals surface area contributed by atoms with Crippen molar-refractivity contribution < 1.29 is 32.2 Å². The first kappa shape index (κ1) is 24.6. The van der Waals surface area contributed by atoms with Crippen molar-refractivity contribution in [1.82, 2.24) is 10.2 Å². The normalized spacial score (nSPS) is 18.0. The lowest BCUT2D eigenvalue weighted by atomic mass is 10.1. The smallest absolute Gasteiger partial charge is 0.492 e. The van der Waals surface area contributed by atoms with E-state index >= 15 is 0 Å². The number of benzene rings is 1. The molecule has 1 fully saturated rings. The minimum atomic E-state index is -4.75. The van der Waals surface area contributed by atoms with Gasteiger partial charge in [0.15, 0.2) is 0 Å². The van der Waals surface area contributed by atoms with Crippen LogP contribution < -0.4 is 14.8 Å². The average molecular weight is 497 g/mol. The third-order valence-corrected chi connectivity index (χ3v) is 4.89. The van der Waals surface area contributed by atoms with Crippen molar-refractivity contribution in [3.63, 3.8) is 0 Å². The number of nitrogens with zero attached hydrogens (tertiary/aromatic N) is 1. The summed E-state index contributed by atoms with van der Waals surface area (Å²) in [4.78, 5) is 14.2. The molecule has 1 amide bonds. The van der Waals surface area contributed by atoms with Crippen LogP contribution in [0.4, 0.5) is 18.0 Å². The average Bonchev–Trinajstić information content (AvgIpc) is 2.58. The Morgan fingerprint density at radius 2 is 2.03 bits per heavy atom. The highest BCUT2D eigenvalue weighted by Gasteiger charge is 2.31. The number of nitrogens with one attached hydrogen (secondary N) is 1. The SMILES string of the molecule is CC(C)(C)OC(=O)N[C@H]1CCCN(CCCOc2cc(OC(F)(F)F)ccc2Br)C1. The van der Waals surface area contributed by atoms with E-state index in [4.69, 9.17) is 9.47 Å². The molecule has 170 valence electrons. The molecule has 0 unspecified atom stereocenters. The number of halogens is 4. The number of ether oxygens (including phenoxy) is 3. The molecule has 1 aliphatic rings. The molecule has 1 heterocycles. The molecule has 0 radical (unpaired) electrons. The molecule has 0 spiro atoms. The summed E-state index contributed by atoms with van der Waals surface area (Å²) in [6.45, 7) is 8.20. The third-order valence-electron chi connectivity index (χ3n) is 4.24. The van der Waals surface area contributed by atoms with Crippen LogP contribution in [0.2, 0.25) is 0 Å². The topological polar surface area (TPSA) is 60.0 Å². The van der Waals surface area contributed by atoms with Crippen LogP contribution in [0.5, 0.6) is 11.5 Å². The molecule has 2 rings (SSSR count). The third kappa shape index (κ3) is 9.42. The van der Waals surface area contributed by atoms with Crippen molar-refractivity contribution in [2.45, 2.75) is 58.0 Å². The van der Waals surface area contributed by atoms with Gasteiger partial charge in [-0.2, -0.15) is 0 Å². The minimum Gasteiger partial charge on any atom is -0.492 e. The number of alkyl halides is 3. The number of rotatable bonds is 7. The van der Waals surface area contributed by atoms with Gasteiger partial charge < -0.3 is 24.4 Å². The maximum absolute atomic E-state index is 12.4. The van der Waals surface area contributed by atoms with Crippen LogP contribution in [0.3, 0.4) is 0 Å². The van der Waals surface area contributed by atoms with E-state index in [1.165, 1.54) is 18.2 Å². The molecule has 0 aliphatic carbocycles. The van der Waals surface area contributed by atoms with Gasteiger partial charge in [0.05, 0.1) is 11.1 Å². The Hall–Kier alpha value is -1.68. The predicted molar refractivity (Wildman–Crippen MR) is 110 cm³/mol. The lowest BCUT2D eigenvalue weighted by molar-refractivity contribution is -0.274. The second-order valence-corrected chi connectivity index (χ2v) is 8.98. The lowest BCUT2D eigenvalue weighted by Crippen LogP contribution is -2.49. The first-order chi connectivity index (χ1) is 13.9. The van der Waals surface area contributed by atoms with Gasteiger partial charge in [0, 0.05) is 25.2 Å². The number of carbonyl (C=O) groups is 1. The monoisotopic (exact) mass is 496 g/mol. The van der Waals surface area contributed by atoms with Crippen molar-refractivity contribution in [3.8, 4) is 11.5 Å². The minimum absolute atomic E-state index is 0.0276. The van der Waals surface area contributed by atoms with Crippen molar-refractivity contribution in [2.24, 2.45) is 0 Å². The number of carbonyl (C=O) groups excluding carboxylic acids is 1. The first-order valence-electron chi connectivity index (χ1n) is 9.81. The largest absolute Gasteiger partial charge is 0.573 e. The van der Waals surface area contributed by atoms with Gasteiger partial charge in [0.25, 0.3) is 0 Å². The molecule has 6 nitrogen and oxygen atoms in total. The zero-order valence-corrected chi connectivity index (χ0v) is 18.9. The van der Waals surface area contributed by atoms with Gasteiger partial charge in [-0.15, -0.1) is 13.2 Å². The van der Waals surface area contributed by atoms with Crippen LogP contribution in [0.15, 0.2) is 22.7 Å².